The summed E-state index contributed by atoms with van der Waals surface area (Å²) in [6.07, 6.45) is -8.66. The summed E-state index contributed by atoms with van der Waals surface area (Å²) in [5.41, 5.74) is -5.45. The van der Waals surface area contributed by atoms with Crippen molar-refractivity contribution in [3.8, 4) is 0 Å². The van der Waals surface area contributed by atoms with Crippen molar-refractivity contribution in [2.45, 2.75) is 30.3 Å². The van der Waals surface area contributed by atoms with Crippen molar-refractivity contribution in [3.05, 3.63) is 33.1 Å². The number of H-pyrrole nitrogens is 1. The zero-order valence-electron chi connectivity index (χ0n) is 10.2. The van der Waals surface area contributed by atoms with Crippen molar-refractivity contribution in [2.75, 3.05) is 6.61 Å². The van der Waals surface area contributed by atoms with Gasteiger partial charge in [-0.2, -0.15) is 8.78 Å². The Morgan fingerprint density at radius 1 is 1.43 bits per heavy atom. The summed E-state index contributed by atoms with van der Waals surface area (Å²) in [6.45, 7) is -1.59. The monoisotopic (exact) mass is 314 g/mol. The molecule has 0 spiro atoms. The van der Waals surface area contributed by atoms with E-state index in [2.05, 4.69) is 4.74 Å². The van der Waals surface area contributed by atoms with Gasteiger partial charge < -0.3 is 14.9 Å². The van der Waals surface area contributed by atoms with E-state index in [0.717, 1.165) is 0 Å². The summed E-state index contributed by atoms with van der Waals surface area (Å²) in [4.78, 5) is 24.0. The van der Waals surface area contributed by atoms with Crippen molar-refractivity contribution in [2.24, 2.45) is 0 Å². The van der Waals surface area contributed by atoms with E-state index in [4.69, 9.17) is 5.11 Å². The van der Waals surface area contributed by atoms with Gasteiger partial charge in [-0.15, -0.1) is 0 Å². The van der Waals surface area contributed by atoms with Crippen molar-refractivity contribution >= 4 is 0 Å². The lowest BCUT2D eigenvalue weighted by atomic mass is 9.96. The third-order valence-corrected chi connectivity index (χ3v) is 3.21. The highest BCUT2D eigenvalue weighted by Crippen LogP contribution is 2.49. The van der Waals surface area contributed by atoms with Crippen molar-refractivity contribution in [1.29, 1.82) is 0 Å². The topological polar surface area (TPSA) is 105 Å². The Labute approximate surface area is 113 Å². The number of nitrogens with one attached hydrogen (secondary N) is 1. The number of hydrogen-bond acceptors (Lipinski definition) is 5. The van der Waals surface area contributed by atoms with Gasteiger partial charge in [-0.3, -0.25) is 14.3 Å². The molecule has 0 saturated carbocycles. The molecule has 2 heterocycles. The molecule has 0 bridgehead atoms. The second kappa shape index (κ2) is 4.93. The minimum Gasteiger partial charge on any atom is -0.393 e. The minimum absolute atomic E-state index is 0.157. The number of aromatic amines is 1. The van der Waals surface area contributed by atoms with Crippen LogP contribution < -0.4 is 11.2 Å². The average Bonchev–Trinajstić information content (AvgIpc) is 2.60. The molecule has 0 amide bonds. The quantitative estimate of drug-likeness (QED) is 0.625. The van der Waals surface area contributed by atoms with Crippen LogP contribution in [0, 0.1) is 0 Å². The molecule has 2 rings (SSSR count). The third kappa shape index (κ3) is 2.17. The molecule has 0 aromatic carbocycles. The van der Waals surface area contributed by atoms with Crippen LogP contribution >= 0.6 is 0 Å². The molecule has 1 aliphatic rings. The van der Waals surface area contributed by atoms with Gasteiger partial charge in [0, 0.05) is 12.3 Å². The first-order valence-electron chi connectivity index (χ1n) is 5.61. The first-order chi connectivity index (χ1) is 9.66. The van der Waals surface area contributed by atoms with Crippen LogP contribution in [0.2, 0.25) is 0 Å². The Hall–Kier alpha value is -1.72. The Kier molecular flexibility index (Phi) is 3.68. The first-order valence-corrected chi connectivity index (χ1v) is 5.61. The van der Waals surface area contributed by atoms with Gasteiger partial charge in [-0.05, 0) is 0 Å². The Morgan fingerprint density at radius 2 is 2.05 bits per heavy atom. The summed E-state index contributed by atoms with van der Waals surface area (Å²) in [5.74, 6) is -4.29. The van der Waals surface area contributed by atoms with Crippen LogP contribution in [0.1, 0.15) is 6.23 Å². The van der Waals surface area contributed by atoms with Gasteiger partial charge in [0.2, 0.25) is 6.23 Å². The van der Waals surface area contributed by atoms with Gasteiger partial charge in [0.05, 0.1) is 6.61 Å². The van der Waals surface area contributed by atoms with Gasteiger partial charge in [-0.25, -0.2) is 13.6 Å². The van der Waals surface area contributed by atoms with Crippen LogP contribution in [0.5, 0.6) is 0 Å². The fraction of sp³-hybridized carbons (Fsp3) is 0.600. The zero-order chi connectivity index (χ0) is 16.0. The molecular weight excluding hydrogens is 304 g/mol. The zero-order valence-corrected chi connectivity index (χ0v) is 10.2. The summed E-state index contributed by atoms with van der Waals surface area (Å²) >= 11 is 0. The molecule has 3 atom stereocenters. The van der Waals surface area contributed by atoms with Gasteiger partial charge in [0.25, 0.3) is 12.0 Å². The summed E-state index contributed by atoms with van der Waals surface area (Å²) < 4.78 is 58.3. The number of alkyl halides is 4. The highest BCUT2D eigenvalue weighted by molar-refractivity contribution is 5.07. The lowest BCUT2D eigenvalue weighted by Crippen LogP contribution is -2.53. The van der Waals surface area contributed by atoms with Gasteiger partial charge in [0.1, 0.15) is 0 Å². The van der Waals surface area contributed by atoms with Crippen LogP contribution in [0.15, 0.2) is 21.9 Å². The average molecular weight is 314 g/mol. The number of aliphatic hydroxyl groups excluding tert-OH is 2. The fourth-order valence-corrected chi connectivity index (χ4v) is 2.03. The van der Waals surface area contributed by atoms with Crippen molar-refractivity contribution in [3.63, 3.8) is 0 Å². The first kappa shape index (κ1) is 15.7. The number of nitrogens with zero attached hydrogens (tertiary/aromatic N) is 1. The maximum Gasteiger partial charge on any atom is 0.330 e. The number of aliphatic hydroxyl groups is 2. The predicted octanol–water partition coefficient (Wildman–Crippen LogP) is -0.942. The van der Waals surface area contributed by atoms with Crippen LogP contribution in [-0.2, 0) is 4.74 Å². The summed E-state index contributed by atoms with van der Waals surface area (Å²) in [5, 5.41) is 18.3. The lowest BCUT2D eigenvalue weighted by molar-refractivity contribution is -0.196. The minimum atomic E-state index is -4.29. The molecule has 1 fully saturated rings. The van der Waals surface area contributed by atoms with E-state index in [0.29, 0.717) is 12.3 Å². The van der Waals surface area contributed by atoms with Gasteiger partial charge in [0.15, 0.2) is 11.7 Å². The summed E-state index contributed by atoms with van der Waals surface area (Å²) in [7, 11) is 0. The molecule has 0 radical (unpaired) electrons. The third-order valence-electron chi connectivity index (χ3n) is 3.21. The normalized spacial score (nSPS) is 31.8. The Morgan fingerprint density at radius 3 is 2.48 bits per heavy atom. The molecule has 1 aliphatic heterocycles. The molecular formula is C10H10F4N2O5. The van der Waals surface area contributed by atoms with Crippen LogP contribution in [0.25, 0.3) is 0 Å². The second-order valence-corrected chi connectivity index (χ2v) is 4.48. The molecule has 7 nitrogen and oxygen atoms in total. The van der Waals surface area contributed by atoms with Gasteiger partial charge in [-0.1, -0.05) is 0 Å². The SMILES string of the molecule is O=c1ccn([C@H]2O[C@](CO)(C(F)F)C(O)C2(F)F)c(=O)[nH]1. The smallest absolute Gasteiger partial charge is 0.330 e. The van der Waals surface area contributed by atoms with E-state index in [-0.39, 0.29) is 4.57 Å². The second-order valence-electron chi connectivity index (χ2n) is 4.48. The lowest BCUT2D eigenvalue weighted by Gasteiger charge is -2.28. The van der Waals surface area contributed by atoms with E-state index in [1.807, 2.05) is 0 Å². The number of halogens is 4. The van der Waals surface area contributed by atoms with Crippen molar-refractivity contribution < 1.29 is 32.5 Å². The number of rotatable bonds is 3. The molecule has 21 heavy (non-hydrogen) atoms. The molecule has 11 heteroatoms. The molecule has 1 aromatic heterocycles. The Balaban J connectivity index is 2.55. The molecule has 118 valence electrons. The van der Waals surface area contributed by atoms with E-state index >= 15 is 0 Å². The molecule has 1 aromatic rings. The standard InChI is InChI=1S/C10H10F4N2O5/c11-6(12)9(3-17)5(19)10(13,14)7(21-9)16-2-1-4(18)15-8(16)20/h1-2,5-7,17,19H,3H2,(H,15,18,20)/t5?,7-,9-/m0/s1. The number of hydrogen-bond donors (Lipinski definition) is 3. The predicted molar refractivity (Wildman–Crippen MR) is 58.2 cm³/mol. The summed E-state index contributed by atoms with van der Waals surface area (Å²) in [6, 6.07) is 0.703. The van der Waals surface area contributed by atoms with Crippen LogP contribution in [-0.4, -0.2) is 50.4 Å². The van der Waals surface area contributed by atoms with E-state index < -0.39 is 48.1 Å². The molecule has 0 aliphatic carbocycles. The fourth-order valence-electron chi connectivity index (χ4n) is 2.03. The van der Waals surface area contributed by atoms with E-state index in [1.165, 1.54) is 0 Å². The van der Waals surface area contributed by atoms with Gasteiger partial charge >= 0.3 is 11.6 Å². The van der Waals surface area contributed by atoms with Crippen LogP contribution in [0.4, 0.5) is 17.6 Å². The van der Waals surface area contributed by atoms with Crippen molar-refractivity contribution in [1.82, 2.24) is 9.55 Å². The maximum absolute atomic E-state index is 13.9. The number of ether oxygens (including phenoxy) is 1. The highest BCUT2D eigenvalue weighted by atomic mass is 19.3. The molecule has 1 unspecified atom stereocenters. The van der Waals surface area contributed by atoms with E-state index in [1.54, 1.807) is 4.98 Å². The Bertz CT molecular complexity index is 645. The number of aromatic nitrogens is 2. The molecule has 1 saturated heterocycles. The maximum atomic E-state index is 13.9. The molecule has 3 N–H and O–H groups in total. The largest absolute Gasteiger partial charge is 0.393 e. The van der Waals surface area contributed by atoms with Crippen LogP contribution in [0.3, 0.4) is 0 Å². The highest BCUT2D eigenvalue weighted by Gasteiger charge is 2.70. The van der Waals surface area contributed by atoms with E-state index in [9.17, 15) is 32.3 Å².